The largest absolute Gasteiger partial charge is 0.444 e. The predicted molar refractivity (Wildman–Crippen MR) is 130 cm³/mol. The molecule has 1 N–H and O–H groups in total. The summed E-state index contributed by atoms with van der Waals surface area (Å²) in [5, 5.41) is 1.02. The molecular weight excluding hydrogens is 417 g/mol. The van der Waals surface area contributed by atoms with E-state index in [4.69, 9.17) is 9.73 Å². The van der Waals surface area contributed by atoms with Crippen LogP contribution in [0.5, 0.6) is 0 Å². The van der Waals surface area contributed by atoms with Crippen LogP contribution in [0.25, 0.3) is 22.0 Å². The smallest absolute Gasteiger partial charge is 0.410 e. The first-order valence-electron chi connectivity index (χ1n) is 11.7. The molecule has 6 heteroatoms. The zero-order valence-electron chi connectivity index (χ0n) is 19.5. The van der Waals surface area contributed by atoms with Crippen LogP contribution in [0, 0.1) is 11.7 Å². The van der Waals surface area contributed by atoms with Gasteiger partial charge in [0.15, 0.2) is 0 Å². The van der Waals surface area contributed by atoms with Gasteiger partial charge in [-0.25, -0.2) is 9.18 Å². The van der Waals surface area contributed by atoms with Crippen LogP contribution in [0.15, 0.2) is 47.6 Å². The van der Waals surface area contributed by atoms with Crippen LogP contribution < -0.4 is 0 Å². The van der Waals surface area contributed by atoms with E-state index in [-0.39, 0.29) is 11.9 Å². The Morgan fingerprint density at radius 2 is 1.91 bits per heavy atom. The molecule has 2 aliphatic heterocycles. The van der Waals surface area contributed by atoms with Gasteiger partial charge in [-0.15, -0.1) is 0 Å². The maximum Gasteiger partial charge on any atom is 0.410 e. The first kappa shape index (κ1) is 21.7. The Morgan fingerprint density at radius 3 is 2.67 bits per heavy atom. The number of carbonyl (C=O) groups is 1. The SMILES string of the molecule is CC(C)(C)OC(=O)N1CCC(C2=Nc3ccc(-c4c[nH]c5cc(F)ccc45)cc3CC2)CC1. The number of piperidine rings is 1. The number of ether oxygens (including phenoxy) is 1. The molecule has 0 bridgehead atoms. The van der Waals surface area contributed by atoms with Crippen molar-refractivity contribution in [2.24, 2.45) is 10.9 Å². The van der Waals surface area contributed by atoms with Crippen LogP contribution in [0.4, 0.5) is 14.9 Å². The molecule has 1 fully saturated rings. The summed E-state index contributed by atoms with van der Waals surface area (Å²) in [5.74, 6) is 0.181. The van der Waals surface area contributed by atoms with Crippen molar-refractivity contribution < 1.29 is 13.9 Å². The van der Waals surface area contributed by atoms with E-state index in [2.05, 4.69) is 23.2 Å². The van der Waals surface area contributed by atoms with E-state index in [1.807, 2.05) is 37.9 Å². The van der Waals surface area contributed by atoms with Crippen LogP contribution >= 0.6 is 0 Å². The normalized spacial score (nSPS) is 17.1. The lowest BCUT2D eigenvalue weighted by atomic mass is 9.86. The summed E-state index contributed by atoms with van der Waals surface area (Å²) in [6.45, 7) is 7.12. The number of hydrogen-bond donors (Lipinski definition) is 1. The van der Waals surface area contributed by atoms with Crippen molar-refractivity contribution in [3.63, 3.8) is 0 Å². The predicted octanol–water partition coefficient (Wildman–Crippen LogP) is 6.64. The number of aryl methyl sites for hydroxylation is 1. The number of fused-ring (bicyclic) bond motifs is 2. The van der Waals surface area contributed by atoms with Crippen LogP contribution in [0.3, 0.4) is 0 Å². The van der Waals surface area contributed by atoms with Gasteiger partial charge < -0.3 is 14.6 Å². The highest BCUT2D eigenvalue weighted by Gasteiger charge is 2.30. The van der Waals surface area contributed by atoms with E-state index in [1.165, 1.54) is 23.4 Å². The van der Waals surface area contributed by atoms with Crippen molar-refractivity contribution in [3.05, 3.63) is 54.0 Å². The molecule has 0 aliphatic carbocycles. The number of hydrogen-bond acceptors (Lipinski definition) is 3. The van der Waals surface area contributed by atoms with E-state index >= 15 is 0 Å². The van der Waals surface area contributed by atoms with Gasteiger partial charge in [-0.1, -0.05) is 6.07 Å². The van der Waals surface area contributed by atoms with Gasteiger partial charge in [0.1, 0.15) is 11.4 Å². The van der Waals surface area contributed by atoms with Gasteiger partial charge in [0.25, 0.3) is 0 Å². The van der Waals surface area contributed by atoms with E-state index in [0.29, 0.717) is 19.0 Å². The van der Waals surface area contributed by atoms with Crippen LogP contribution in [0.2, 0.25) is 0 Å². The van der Waals surface area contributed by atoms with Crippen molar-refractivity contribution in [2.45, 2.75) is 52.1 Å². The lowest BCUT2D eigenvalue weighted by Crippen LogP contribution is -2.43. The second-order valence-electron chi connectivity index (χ2n) is 10.1. The van der Waals surface area contributed by atoms with Crippen molar-refractivity contribution in [2.75, 3.05) is 13.1 Å². The molecule has 0 unspecified atom stereocenters. The maximum absolute atomic E-state index is 13.5. The van der Waals surface area contributed by atoms with Crippen LogP contribution in [-0.4, -0.2) is 40.4 Å². The Labute approximate surface area is 193 Å². The lowest BCUT2D eigenvalue weighted by Gasteiger charge is -2.34. The zero-order valence-corrected chi connectivity index (χ0v) is 19.5. The number of likely N-dealkylation sites (tertiary alicyclic amines) is 1. The number of benzene rings is 2. The van der Waals surface area contributed by atoms with Crippen LogP contribution in [0.1, 0.15) is 45.6 Å². The molecule has 3 heterocycles. The number of amides is 1. The molecule has 0 atom stereocenters. The molecular formula is C27H30FN3O2. The Kier molecular flexibility index (Phi) is 5.47. The Balaban J connectivity index is 1.30. The highest BCUT2D eigenvalue weighted by Crippen LogP contribution is 2.36. The molecule has 2 aromatic carbocycles. The van der Waals surface area contributed by atoms with E-state index in [0.717, 1.165) is 53.4 Å². The summed E-state index contributed by atoms with van der Waals surface area (Å²) in [4.78, 5) is 22.4. The van der Waals surface area contributed by atoms with Gasteiger partial charge in [-0.05, 0) is 87.9 Å². The lowest BCUT2D eigenvalue weighted by molar-refractivity contribution is 0.0201. The van der Waals surface area contributed by atoms with Crippen LogP contribution in [-0.2, 0) is 11.2 Å². The molecule has 1 aromatic heterocycles. The first-order chi connectivity index (χ1) is 15.8. The quantitative estimate of drug-likeness (QED) is 0.479. The number of halogens is 1. The third kappa shape index (κ3) is 4.52. The second kappa shape index (κ2) is 8.32. The standard InChI is InChI=1S/C27H30FN3O2/c1-27(2,3)33-26(32)31-12-10-17(11-13-31)23-9-5-19-14-18(4-8-24(19)30-23)22-16-29-25-15-20(28)6-7-21(22)25/h4,6-8,14-17,29H,5,9-13H2,1-3H3. The molecule has 2 aliphatic rings. The fourth-order valence-corrected chi connectivity index (χ4v) is 4.89. The van der Waals surface area contributed by atoms with Gasteiger partial charge in [-0.2, -0.15) is 0 Å². The molecule has 33 heavy (non-hydrogen) atoms. The van der Waals surface area contributed by atoms with Crippen molar-refractivity contribution in [1.82, 2.24) is 9.88 Å². The molecule has 1 amide bonds. The minimum atomic E-state index is -0.465. The van der Waals surface area contributed by atoms with E-state index in [9.17, 15) is 9.18 Å². The van der Waals surface area contributed by atoms with Gasteiger partial charge in [0.05, 0.1) is 5.69 Å². The minimum Gasteiger partial charge on any atom is -0.444 e. The molecule has 172 valence electrons. The molecule has 0 radical (unpaired) electrons. The van der Waals surface area contributed by atoms with Gasteiger partial charge >= 0.3 is 6.09 Å². The van der Waals surface area contributed by atoms with Crippen molar-refractivity contribution in [3.8, 4) is 11.1 Å². The summed E-state index contributed by atoms with van der Waals surface area (Å²) >= 11 is 0. The second-order valence-corrected chi connectivity index (χ2v) is 10.1. The fraction of sp³-hybridized carbons (Fsp3) is 0.407. The summed E-state index contributed by atoms with van der Waals surface area (Å²) < 4.78 is 19.0. The fourth-order valence-electron chi connectivity index (χ4n) is 4.89. The maximum atomic E-state index is 13.5. The summed E-state index contributed by atoms with van der Waals surface area (Å²) in [5.41, 5.74) is 6.09. The highest BCUT2D eigenvalue weighted by atomic mass is 19.1. The van der Waals surface area contributed by atoms with Gasteiger partial charge in [-0.3, -0.25) is 4.99 Å². The Hall–Kier alpha value is -3.15. The average molecular weight is 448 g/mol. The molecule has 0 saturated carbocycles. The van der Waals surface area contributed by atoms with E-state index in [1.54, 1.807) is 0 Å². The number of H-pyrrole nitrogens is 1. The van der Waals surface area contributed by atoms with Crippen molar-refractivity contribution in [1.29, 1.82) is 0 Å². The number of rotatable bonds is 2. The minimum absolute atomic E-state index is 0.218. The molecule has 5 rings (SSSR count). The number of nitrogens with zero attached hydrogens (tertiary/aromatic N) is 2. The zero-order chi connectivity index (χ0) is 23.2. The third-order valence-corrected chi connectivity index (χ3v) is 6.57. The number of aliphatic imine (C=N–C) groups is 1. The summed E-state index contributed by atoms with van der Waals surface area (Å²) in [6.07, 6.45) is 5.50. The third-order valence-electron chi connectivity index (χ3n) is 6.57. The molecule has 5 nitrogen and oxygen atoms in total. The monoisotopic (exact) mass is 447 g/mol. The number of aromatic nitrogens is 1. The van der Waals surface area contributed by atoms with Gasteiger partial charge in [0.2, 0.25) is 0 Å². The number of aromatic amines is 1. The topological polar surface area (TPSA) is 57.7 Å². The van der Waals surface area contributed by atoms with Crippen molar-refractivity contribution >= 4 is 28.4 Å². The Morgan fingerprint density at radius 1 is 1.12 bits per heavy atom. The number of carbonyl (C=O) groups excluding carboxylic acids is 1. The van der Waals surface area contributed by atoms with E-state index < -0.39 is 5.60 Å². The number of nitrogens with one attached hydrogen (secondary N) is 1. The summed E-state index contributed by atoms with van der Waals surface area (Å²) in [6, 6.07) is 11.3. The molecule has 3 aromatic rings. The van der Waals surface area contributed by atoms with Gasteiger partial charge in [0, 0.05) is 47.4 Å². The highest BCUT2D eigenvalue weighted by molar-refractivity contribution is 5.96. The Bertz CT molecular complexity index is 1230. The molecule has 1 saturated heterocycles. The molecule has 0 spiro atoms. The first-order valence-corrected chi connectivity index (χ1v) is 11.7. The average Bonchev–Trinajstić information content (AvgIpc) is 3.20. The summed E-state index contributed by atoms with van der Waals surface area (Å²) in [7, 11) is 0.